The maximum Gasteiger partial charge on any atom is 0.252 e. The van der Waals surface area contributed by atoms with E-state index in [2.05, 4.69) is 20.8 Å². The van der Waals surface area contributed by atoms with E-state index in [-0.39, 0.29) is 17.4 Å². The molecule has 0 aliphatic carbocycles. The number of amides is 2. The van der Waals surface area contributed by atoms with Crippen molar-refractivity contribution in [3.8, 4) is 10.6 Å². The van der Waals surface area contributed by atoms with Crippen LogP contribution in [0.5, 0.6) is 0 Å². The summed E-state index contributed by atoms with van der Waals surface area (Å²) in [5.41, 5.74) is 1.07. The Labute approximate surface area is 172 Å². The van der Waals surface area contributed by atoms with E-state index >= 15 is 0 Å². The summed E-state index contributed by atoms with van der Waals surface area (Å²) < 4.78 is 13.4. The zero-order valence-corrected chi connectivity index (χ0v) is 16.9. The molecule has 0 radical (unpaired) electrons. The topological polar surface area (TPSA) is 84.0 Å². The van der Waals surface area contributed by atoms with Gasteiger partial charge >= 0.3 is 0 Å². The third-order valence-corrected chi connectivity index (χ3v) is 5.43. The van der Waals surface area contributed by atoms with Crippen LogP contribution in [-0.4, -0.2) is 28.1 Å². The fourth-order valence-corrected chi connectivity index (χ4v) is 3.46. The van der Waals surface area contributed by atoms with Gasteiger partial charge in [-0.2, -0.15) is 0 Å². The summed E-state index contributed by atoms with van der Waals surface area (Å²) in [5.74, 6) is -1.54. The van der Waals surface area contributed by atoms with Gasteiger partial charge in [0.05, 0.1) is 0 Å². The molecule has 3 rings (SSSR count). The van der Waals surface area contributed by atoms with Crippen molar-refractivity contribution < 1.29 is 14.0 Å². The van der Waals surface area contributed by atoms with Crippen LogP contribution in [0.4, 0.5) is 9.52 Å². The van der Waals surface area contributed by atoms with E-state index < -0.39 is 17.8 Å². The van der Waals surface area contributed by atoms with Crippen LogP contribution in [0.2, 0.25) is 0 Å². The van der Waals surface area contributed by atoms with Crippen molar-refractivity contribution >= 4 is 28.3 Å². The van der Waals surface area contributed by atoms with Gasteiger partial charge in [0.1, 0.15) is 16.9 Å². The van der Waals surface area contributed by atoms with E-state index in [9.17, 15) is 14.0 Å². The molecule has 29 heavy (non-hydrogen) atoms. The Kier molecular flexibility index (Phi) is 6.66. The van der Waals surface area contributed by atoms with Crippen molar-refractivity contribution in [3.63, 3.8) is 0 Å². The van der Waals surface area contributed by atoms with E-state index in [1.165, 1.54) is 29.5 Å². The van der Waals surface area contributed by atoms with Crippen LogP contribution in [0, 0.1) is 11.7 Å². The maximum atomic E-state index is 13.4. The number of anilines is 1. The van der Waals surface area contributed by atoms with E-state index in [0.717, 1.165) is 11.6 Å². The molecular formula is C21H21FN4O2S. The fraction of sp³-hybridized carbons (Fsp3) is 0.238. The number of nitrogens with zero attached hydrogens (tertiary/aromatic N) is 2. The van der Waals surface area contributed by atoms with E-state index in [1.807, 2.05) is 44.2 Å². The smallest absolute Gasteiger partial charge is 0.252 e. The van der Waals surface area contributed by atoms with Gasteiger partial charge in [0.2, 0.25) is 11.0 Å². The van der Waals surface area contributed by atoms with Crippen LogP contribution in [0.1, 0.15) is 30.6 Å². The van der Waals surface area contributed by atoms with Crippen LogP contribution in [0.25, 0.3) is 10.6 Å². The van der Waals surface area contributed by atoms with Crippen LogP contribution >= 0.6 is 11.3 Å². The average molecular weight is 412 g/mol. The summed E-state index contributed by atoms with van der Waals surface area (Å²) in [6.07, 6.45) is 0.674. The summed E-state index contributed by atoms with van der Waals surface area (Å²) in [6.45, 7) is 3.79. The number of aromatic nitrogens is 2. The highest BCUT2D eigenvalue weighted by atomic mass is 32.1. The fourth-order valence-electron chi connectivity index (χ4n) is 2.71. The minimum atomic E-state index is -0.792. The molecule has 0 bridgehead atoms. The lowest BCUT2D eigenvalue weighted by Gasteiger charge is -2.23. The number of nitrogens with one attached hydrogen (secondary N) is 2. The highest BCUT2D eigenvalue weighted by molar-refractivity contribution is 7.18. The van der Waals surface area contributed by atoms with Gasteiger partial charge in [-0.1, -0.05) is 68.0 Å². The van der Waals surface area contributed by atoms with Crippen molar-refractivity contribution in [1.29, 1.82) is 0 Å². The summed E-state index contributed by atoms with van der Waals surface area (Å²) in [4.78, 5) is 25.3. The van der Waals surface area contributed by atoms with Gasteiger partial charge in [-0.05, 0) is 24.1 Å². The Morgan fingerprint density at radius 1 is 1.10 bits per heavy atom. The van der Waals surface area contributed by atoms with Gasteiger partial charge in [0.15, 0.2) is 0 Å². The lowest BCUT2D eigenvalue weighted by Crippen LogP contribution is -2.47. The lowest BCUT2D eigenvalue weighted by molar-refractivity contribution is -0.119. The molecule has 3 aromatic rings. The van der Waals surface area contributed by atoms with Crippen LogP contribution in [0.3, 0.4) is 0 Å². The second kappa shape index (κ2) is 9.38. The minimum absolute atomic E-state index is 0.131. The molecule has 8 heteroatoms. The first-order chi connectivity index (χ1) is 14.0. The molecule has 0 spiro atoms. The molecule has 1 heterocycles. The van der Waals surface area contributed by atoms with Gasteiger partial charge in [0.25, 0.3) is 5.91 Å². The average Bonchev–Trinajstić information content (AvgIpc) is 3.20. The second-order valence-electron chi connectivity index (χ2n) is 6.61. The number of hydrogen-bond donors (Lipinski definition) is 2. The van der Waals surface area contributed by atoms with Gasteiger partial charge in [-0.3, -0.25) is 14.9 Å². The number of rotatable bonds is 7. The lowest BCUT2D eigenvalue weighted by atomic mass is 9.98. The predicted octanol–water partition coefficient (Wildman–Crippen LogP) is 4.13. The van der Waals surface area contributed by atoms with Gasteiger partial charge < -0.3 is 5.32 Å². The molecule has 0 aliphatic rings. The number of carbonyl (C=O) groups excluding carboxylic acids is 2. The molecule has 2 amide bonds. The Balaban J connectivity index is 1.73. The first-order valence-electron chi connectivity index (χ1n) is 9.24. The summed E-state index contributed by atoms with van der Waals surface area (Å²) in [6, 6.07) is 14.1. The molecule has 0 saturated heterocycles. The molecule has 2 atom stereocenters. The number of carbonyl (C=O) groups is 2. The number of hydrogen-bond acceptors (Lipinski definition) is 5. The van der Waals surface area contributed by atoms with Crippen LogP contribution in [0.15, 0.2) is 54.6 Å². The third kappa shape index (κ3) is 5.23. The van der Waals surface area contributed by atoms with Crippen molar-refractivity contribution in [2.75, 3.05) is 5.32 Å². The standard InChI is InChI=1S/C21H21FN4O2S/c1-3-13(2)17(23-18(27)15-10-7-11-16(22)12-15)19(28)24-21-26-25-20(29-21)14-8-5-4-6-9-14/h4-13,17H,3H2,1-2H3,(H,23,27)(H,24,26,28)/t13-,17+/m0/s1. The van der Waals surface area contributed by atoms with Crippen molar-refractivity contribution in [2.24, 2.45) is 5.92 Å². The second-order valence-corrected chi connectivity index (χ2v) is 7.59. The zero-order valence-electron chi connectivity index (χ0n) is 16.1. The Morgan fingerprint density at radius 2 is 1.86 bits per heavy atom. The summed E-state index contributed by atoms with van der Waals surface area (Å²) in [5, 5.41) is 14.6. The molecule has 2 N–H and O–H groups in total. The highest BCUT2D eigenvalue weighted by Crippen LogP contribution is 2.26. The third-order valence-electron chi connectivity index (χ3n) is 4.54. The van der Waals surface area contributed by atoms with E-state index in [4.69, 9.17) is 0 Å². The Bertz CT molecular complexity index is 993. The molecule has 0 unspecified atom stereocenters. The zero-order chi connectivity index (χ0) is 20.8. The van der Waals surface area contributed by atoms with Crippen molar-refractivity contribution in [1.82, 2.24) is 15.5 Å². The van der Waals surface area contributed by atoms with Crippen molar-refractivity contribution in [3.05, 3.63) is 66.0 Å². The molecule has 2 aromatic carbocycles. The van der Waals surface area contributed by atoms with Crippen molar-refractivity contribution in [2.45, 2.75) is 26.3 Å². The normalized spacial score (nSPS) is 12.8. The molecule has 0 saturated carbocycles. The van der Waals surface area contributed by atoms with Gasteiger partial charge in [-0.25, -0.2) is 4.39 Å². The quantitative estimate of drug-likeness (QED) is 0.611. The Hall–Kier alpha value is -3.13. The first kappa shape index (κ1) is 20.6. The number of benzene rings is 2. The largest absolute Gasteiger partial charge is 0.340 e. The van der Waals surface area contributed by atoms with Crippen LogP contribution in [-0.2, 0) is 4.79 Å². The molecular weight excluding hydrogens is 391 g/mol. The molecule has 150 valence electrons. The van der Waals surface area contributed by atoms with Gasteiger partial charge in [0, 0.05) is 11.1 Å². The SMILES string of the molecule is CC[C@H](C)[C@@H](NC(=O)c1cccc(F)c1)C(=O)Nc1nnc(-c2ccccc2)s1. The molecule has 0 fully saturated rings. The highest BCUT2D eigenvalue weighted by Gasteiger charge is 2.27. The van der Waals surface area contributed by atoms with E-state index in [0.29, 0.717) is 16.6 Å². The molecule has 1 aromatic heterocycles. The maximum absolute atomic E-state index is 13.4. The summed E-state index contributed by atoms with van der Waals surface area (Å²) >= 11 is 1.25. The van der Waals surface area contributed by atoms with E-state index in [1.54, 1.807) is 0 Å². The minimum Gasteiger partial charge on any atom is -0.340 e. The monoisotopic (exact) mass is 412 g/mol. The van der Waals surface area contributed by atoms with Crippen LogP contribution < -0.4 is 10.6 Å². The molecule has 6 nitrogen and oxygen atoms in total. The molecule has 0 aliphatic heterocycles. The predicted molar refractivity (Wildman–Crippen MR) is 111 cm³/mol. The van der Waals surface area contributed by atoms with Gasteiger partial charge in [-0.15, -0.1) is 10.2 Å². The number of halogens is 1. The Morgan fingerprint density at radius 3 is 2.55 bits per heavy atom. The first-order valence-corrected chi connectivity index (χ1v) is 10.1. The summed E-state index contributed by atoms with van der Waals surface area (Å²) in [7, 11) is 0.